The molecule has 8 rings (SSSR count). The Bertz CT molecular complexity index is 1860. The van der Waals surface area contributed by atoms with Crippen molar-refractivity contribution in [2.45, 2.75) is 69.7 Å². The van der Waals surface area contributed by atoms with Crippen molar-refractivity contribution in [1.29, 1.82) is 0 Å². The molecule has 0 saturated carbocycles. The molecule has 0 bridgehead atoms. The fourth-order valence-electron chi connectivity index (χ4n) is 8.06. The van der Waals surface area contributed by atoms with Gasteiger partial charge in [-0.05, 0) is 66.8 Å². The summed E-state index contributed by atoms with van der Waals surface area (Å²) in [7, 11) is 0. The van der Waals surface area contributed by atoms with Crippen LogP contribution in [0.2, 0.25) is 0 Å². The number of aromatic nitrogens is 3. The van der Waals surface area contributed by atoms with Crippen LogP contribution in [-0.4, -0.2) is 88.1 Å². The number of benzene rings is 2. The zero-order valence-electron chi connectivity index (χ0n) is 26.0. The zero-order valence-corrected chi connectivity index (χ0v) is 26.0. The predicted octanol–water partition coefficient (Wildman–Crippen LogP) is 5.30. The van der Waals surface area contributed by atoms with Crippen LogP contribution in [0.1, 0.15) is 45.1 Å². The molecule has 12 heteroatoms. The van der Waals surface area contributed by atoms with Crippen LogP contribution in [0, 0.1) is 11.6 Å². The van der Waals surface area contributed by atoms with Crippen molar-refractivity contribution in [2.24, 2.45) is 0 Å². The van der Waals surface area contributed by atoms with E-state index in [0.717, 1.165) is 25.8 Å². The molecular formula is C34H37F3N6O3. The number of phenols is 1. The van der Waals surface area contributed by atoms with E-state index in [9.17, 15) is 9.50 Å². The van der Waals surface area contributed by atoms with Crippen LogP contribution >= 0.6 is 0 Å². The molecule has 9 nitrogen and oxygen atoms in total. The zero-order chi connectivity index (χ0) is 31.7. The molecular weight excluding hydrogens is 597 g/mol. The molecule has 0 amide bonds. The highest BCUT2D eigenvalue weighted by molar-refractivity contribution is 6.03. The summed E-state index contributed by atoms with van der Waals surface area (Å²) >= 11 is 0. The quantitative estimate of drug-likeness (QED) is 0.293. The molecule has 4 aliphatic heterocycles. The van der Waals surface area contributed by atoms with E-state index >= 15 is 8.78 Å². The number of pyridine rings is 1. The second-order valence-corrected chi connectivity index (χ2v) is 13.1. The number of hydrogen-bond acceptors (Lipinski definition) is 9. The van der Waals surface area contributed by atoms with Crippen molar-refractivity contribution in [2.75, 3.05) is 44.3 Å². The number of ether oxygens (including phenoxy) is 2. The standard InChI is InChI=1S/C34H37F3N6O3/c1-3-20-15-43-21(13-38-20)16-45-32-27-30(40-33(41-31(27)43)46-17-34-8-5-9-42(34)14-19(35)12-34)28(37)29(39-32)24-11-22(44)10-18-6-7-25(36)23(4-2)26(18)24/h6-7,10-11,19-21,38,44H,3-5,8-9,12-17H2,1-2H3/t19-,20?,21+,34+/m1/s1. The van der Waals surface area contributed by atoms with Crippen LogP contribution in [0.3, 0.4) is 0 Å². The maximum Gasteiger partial charge on any atom is 0.319 e. The molecule has 46 heavy (non-hydrogen) atoms. The maximum atomic E-state index is 17.0. The lowest BCUT2D eigenvalue weighted by molar-refractivity contribution is 0.107. The van der Waals surface area contributed by atoms with Crippen molar-refractivity contribution in [3.8, 4) is 28.9 Å². The van der Waals surface area contributed by atoms with Gasteiger partial charge in [0.25, 0.3) is 0 Å². The first-order valence-electron chi connectivity index (χ1n) is 16.3. The number of nitrogens with zero attached hydrogens (tertiary/aromatic N) is 5. The number of hydrogen-bond donors (Lipinski definition) is 2. The Morgan fingerprint density at radius 1 is 1.13 bits per heavy atom. The molecule has 4 atom stereocenters. The fourth-order valence-corrected chi connectivity index (χ4v) is 8.06. The van der Waals surface area contributed by atoms with Gasteiger partial charge in [0.2, 0.25) is 5.88 Å². The summed E-state index contributed by atoms with van der Waals surface area (Å²) in [4.78, 5) is 18.4. The van der Waals surface area contributed by atoms with E-state index in [1.807, 2.05) is 6.92 Å². The van der Waals surface area contributed by atoms with Gasteiger partial charge in [-0.1, -0.05) is 19.9 Å². The highest BCUT2D eigenvalue weighted by atomic mass is 19.1. The first-order chi connectivity index (χ1) is 22.3. The summed E-state index contributed by atoms with van der Waals surface area (Å²) < 4.78 is 59.2. The van der Waals surface area contributed by atoms with E-state index in [0.29, 0.717) is 60.0 Å². The lowest BCUT2D eigenvalue weighted by Crippen LogP contribution is -2.58. The number of piperazine rings is 1. The van der Waals surface area contributed by atoms with Gasteiger partial charge in [0.05, 0.1) is 11.6 Å². The third kappa shape index (κ3) is 4.63. The largest absolute Gasteiger partial charge is 0.508 e. The molecule has 4 aromatic rings. The Morgan fingerprint density at radius 2 is 2.00 bits per heavy atom. The highest BCUT2D eigenvalue weighted by Gasteiger charge is 2.49. The van der Waals surface area contributed by atoms with Gasteiger partial charge in [0.15, 0.2) is 5.82 Å². The molecule has 3 fully saturated rings. The van der Waals surface area contributed by atoms with Gasteiger partial charge < -0.3 is 24.8 Å². The normalized spacial score (nSPS) is 25.8. The van der Waals surface area contributed by atoms with Crippen molar-refractivity contribution in [3.05, 3.63) is 41.5 Å². The SMILES string of the molecule is CCc1c(F)ccc2cc(O)cc(-c3nc4c5c(nc(OC[C@@]67CCCN6C[C@H](F)C7)nc5c3F)N3CC(CC)NC[C@H]3CO4)c12. The van der Waals surface area contributed by atoms with Gasteiger partial charge in [0.1, 0.15) is 53.4 Å². The average molecular weight is 635 g/mol. The number of aromatic hydroxyl groups is 1. The van der Waals surface area contributed by atoms with Crippen LogP contribution < -0.4 is 19.7 Å². The smallest absolute Gasteiger partial charge is 0.319 e. The van der Waals surface area contributed by atoms with E-state index < -0.39 is 23.3 Å². The Hall–Kier alpha value is -3.90. The van der Waals surface area contributed by atoms with Gasteiger partial charge in [-0.2, -0.15) is 9.97 Å². The molecule has 2 N–H and O–H groups in total. The number of aryl methyl sites for hydroxylation is 1. The number of fused-ring (bicyclic) bond motifs is 4. The van der Waals surface area contributed by atoms with E-state index in [4.69, 9.17) is 19.4 Å². The third-order valence-electron chi connectivity index (χ3n) is 10.4. The van der Waals surface area contributed by atoms with Gasteiger partial charge in [-0.15, -0.1) is 0 Å². The molecule has 4 aliphatic rings. The number of alkyl halides is 1. The maximum absolute atomic E-state index is 17.0. The number of rotatable bonds is 6. The van der Waals surface area contributed by atoms with E-state index in [-0.39, 0.29) is 59.7 Å². The molecule has 2 aromatic heterocycles. The number of halogens is 3. The van der Waals surface area contributed by atoms with Crippen molar-refractivity contribution >= 4 is 27.5 Å². The van der Waals surface area contributed by atoms with Crippen LogP contribution in [-0.2, 0) is 6.42 Å². The minimum Gasteiger partial charge on any atom is -0.508 e. The molecule has 3 saturated heterocycles. The molecule has 0 aliphatic carbocycles. The molecule has 242 valence electrons. The van der Waals surface area contributed by atoms with Crippen molar-refractivity contribution in [3.63, 3.8) is 0 Å². The van der Waals surface area contributed by atoms with E-state index in [2.05, 4.69) is 27.0 Å². The lowest BCUT2D eigenvalue weighted by Gasteiger charge is -2.39. The van der Waals surface area contributed by atoms with Crippen LogP contribution in [0.15, 0.2) is 24.3 Å². The fraction of sp³-hybridized carbons (Fsp3) is 0.500. The highest BCUT2D eigenvalue weighted by Crippen LogP contribution is 2.44. The summed E-state index contributed by atoms with van der Waals surface area (Å²) in [5.41, 5.74) is 0.0518. The van der Waals surface area contributed by atoms with Crippen molar-refractivity contribution < 1.29 is 27.8 Å². The van der Waals surface area contributed by atoms with Crippen LogP contribution in [0.5, 0.6) is 17.6 Å². The van der Waals surface area contributed by atoms with E-state index in [1.54, 1.807) is 6.07 Å². The molecule has 0 radical (unpaired) electrons. The topological polar surface area (TPSA) is 95.9 Å². The molecule has 6 heterocycles. The number of phenolic OH excluding ortho intramolecular Hbond substituents is 1. The first kappa shape index (κ1) is 29.5. The third-order valence-corrected chi connectivity index (χ3v) is 10.4. The summed E-state index contributed by atoms with van der Waals surface area (Å²) in [6, 6.07) is 5.93. The van der Waals surface area contributed by atoms with Gasteiger partial charge in [0, 0.05) is 37.7 Å². The van der Waals surface area contributed by atoms with Crippen LogP contribution in [0.4, 0.5) is 19.0 Å². The van der Waals surface area contributed by atoms with Crippen molar-refractivity contribution in [1.82, 2.24) is 25.2 Å². The Balaban J connectivity index is 1.33. The Labute approximate surface area is 264 Å². The average Bonchev–Trinajstić information content (AvgIpc) is 3.53. The summed E-state index contributed by atoms with van der Waals surface area (Å²) in [5, 5.41) is 15.6. The number of anilines is 1. The summed E-state index contributed by atoms with van der Waals surface area (Å²) in [6.45, 7) is 6.86. The molecule has 0 spiro atoms. The Morgan fingerprint density at radius 3 is 2.83 bits per heavy atom. The van der Waals surface area contributed by atoms with Gasteiger partial charge in [-0.3, -0.25) is 4.90 Å². The molecule has 1 unspecified atom stereocenters. The van der Waals surface area contributed by atoms with E-state index in [1.165, 1.54) is 18.2 Å². The summed E-state index contributed by atoms with van der Waals surface area (Å²) in [6.07, 6.45) is 2.48. The second-order valence-electron chi connectivity index (χ2n) is 13.1. The second kappa shape index (κ2) is 11.1. The first-order valence-corrected chi connectivity index (χ1v) is 16.3. The van der Waals surface area contributed by atoms with Gasteiger partial charge in [-0.25, -0.2) is 18.2 Å². The monoisotopic (exact) mass is 634 g/mol. The lowest BCUT2D eigenvalue weighted by atomic mass is 9.94. The Kier molecular flexibility index (Phi) is 7.13. The summed E-state index contributed by atoms with van der Waals surface area (Å²) in [5.74, 6) is -0.631. The van der Waals surface area contributed by atoms with Gasteiger partial charge >= 0.3 is 6.01 Å². The predicted molar refractivity (Wildman–Crippen MR) is 168 cm³/mol. The minimum atomic E-state index is -0.917. The molecule has 2 aromatic carbocycles. The van der Waals surface area contributed by atoms with Crippen LogP contribution in [0.25, 0.3) is 32.9 Å². The number of nitrogens with one attached hydrogen (secondary N) is 1. The minimum absolute atomic E-state index is 0.00122.